The molecule has 0 unspecified atom stereocenters. The Morgan fingerprint density at radius 1 is 0.971 bits per heavy atom. The molecule has 0 spiro atoms. The van der Waals surface area contributed by atoms with Crippen LogP contribution in [0.1, 0.15) is 38.6 Å². The van der Waals surface area contributed by atoms with Crippen LogP contribution < -0.4 is 4.90 Å². The van der Waals surface area contributed by atoms with Crippen LogP contribution in [0.4, 0.5) is 19.0 Å². The third kappa shape index (κ3) is 5.70. The fourth-order valence-electron chi connectivity index (χ4n) is 4.18. The molecule has 0 N–H and O–H groups in total. The normalized spacial score (nSPS) is 14.4. The third-order valence-electron chi connectivity index (χ3n) is 5.97. The summed E-state index contributed by atoms with van der Waals surface area (Å²) in [5.41, 5.74) is 1.81. The van der Waals surface area contributed by atoms with Crippen molar-refractivity contribution in [3.8, 4) is 0 Å². The molecule has 0 atom stereocenters. The summed E-state index contributed by atoms with van der Waals surface area (Å²) in [6.45, 7) is 5.60. The molecule has 0 radical (unpaired) electrons. The van der Waals surface area contributed by atoms with E-state index >= 15 is 0 Å². The Bertz CT molecular complexity index is 1260. The monoisotopic (exact) mass is 522 g/mol. The minimum absolute atomic E-state index is 0.137. The van der Waals surface area contributed by atoms with Crippen molar-refractivity contribution >= 4 is 34.9 Å². The van der Waals surface area contributed by atoms with Gasteiger partial charge < -0.3 is 9.80 Å². The molecule has 1 amide bonds. The maximum absolute atomic E-state index is 13.2. The summed E-state index contributed by atoms with van der Waals surface area (Å²) in [4.78, 5) is 25.8. The Balaban J connectivity index is 1.54. The van der Waals surface area contributed by atoms with E-state index < -0.39 is 11.7 Å². The highest BCUT2D eigenvalue weighted by atomic mass is 35.5. The van der Waals surface area contributed by atoms with Gasteiger partial charge >= 0.3 is 6.18 Å². The van der Waals surface area contributed by atoms with E-state index in [0.717, 1.165) is 23.4 Å². The summed E-state index contributed by atoms with van der Waals surface area (Å²) in [7, 11) is 0. The van der Waals surface area contributed by atoms with Crippen LogP contribution >= 0.6 is 23.2 Å². The van der Waals surface area contributed by atoms with E-state index in [1.807, 2.05) is 6.92 Å². The average molecular weight is 523 g/mol. The number of aryl methyl sites for hydroxylation is 2. The molecule has 1 aliphatic rings. The van der Waals surface area contributed by atoms with Crippen molar-refractivity contribution < 1.29 is 18.0 Å². The Morgan fingerprint density at radius 3 is 2.34 bits per heavy atom. The van der Waals surface area contributed by atoms with E-state index in [2.05, 4.69) is 14.9 Å². The van der Waals surface area contributed by atoms with E-state index in [1.165, 1.54) is 6.07 Å². The highest BCUT2D eigenvalue weighted by molar-refractivity contribution is 6.42. The number of aromatic nitrogens is 2. The average Bonchev–Trinajstić information content (AvgIpc) is 2.82. The van der Waals surface area contributed by atoms with Crippen molar-refractivity contribution in [2.24, 2.45) is 0 Å². The maximum Gasteiger partial charge on any atom is 0.416 e. The summed E-state index contributed by atoms with van der Waals surface area (Å²) < 4.78 is 39.6. The van der Waals surface area contributed by atoms with Gasteiger partial charge in [-0.1, -0.05) is 41.4 Å². The van der Waals surface area contributed by atoms with Gasteiger partial charge in [0.15, 0.2) is 0 Å². The first-order chi connectivity index (χ1) is 16.5. The standard InChI is InChI=1S/C25H23Cl2F3N4O/c1-15-20(13-17-4-3-5-19(12-17)25(28,29)30)23(32-16(2)31-15)33-8-10-34(11-9-33)24(35)18-6-7-21(26)22(27)14-18/h3-7,12,14H,8-11,13H2,1-2H3. The number of halogens is 5. The summed E-state index contributed by atoms with van der Waals surface area (Å²) >= 11 is 12.0. The second kappa shape index (κ2) is 10.0. The van der Waals surface area contributed by atoms with E-state index in [4.69, 9.17) is 23.2 Å². The molecule has 0 bridgehead atoms. The molecule has 5 nitrogen and oxygen atoms in total. The van der Waals surface area contributed by atoms with Crippen LogP contribution in [0.15, 0.2) is 42.5 Å². The second-order valence-electron chi connectivity index (χ2n) is 8.44. The molecule has 3 aromatic rings. The molecule has 2 heterocycles. The van der Waals surface area contributed by atoms with Crippen LogP contribution in [-0.4, -0.2) is 47.0 Å². The van der Waals surface area contributed by atoms with Crippen molar-refractivity contribution in [3.05, 3.63) is 86.3 Å². The SMILES string of the molecule is Cc1nc(C)c(Cc2cccc(C(F)(F)F)c2)c(N2CCN(C(=O)c3ccc(Cl)c(Cl)c3)CC2)n1. The molecule has 1 saturated heterocycles. The number of benzene rings is 2. The number of anilines is 1. The number of nitrogens with zero attached hydrogens (tertiary/aromatic N) is 4. The fraction of sp³-hybridized carbons (Fsp3) is 0.320. The van der Waals surface area contributed by atoms with Gasteiger partial charge in [-0.25, -0.2) is 9.97 Å². The topological polar surface area (TPSA) is 49.3 Å². The largest absolute Gasteiger partial charge is 0.416 e. The molecule has 35 heavy (non-hydrogen) atoms. The predicted molar refractivity (Wildman–Crippen MR) is 130 cm³/mol. The number of hydrogen-bond acceptors (Lipinski definition) is 4. The molecule has 1 aromatic heterocycles. The highest BCUT2D eigenvalue weighted by Gasteiger charge is 2.31. The number of alkyl halides is 3. The van der Waals surface area contributed by atoms with E-state index in [1.54, 1.807) is 36.1 Å². The Hall–Kier alpha value is -2.84. The summed E-state index contributed by atoms with van der Waals surface area (Å²) in [6, 6.07) is 10.1. The molecule has 184 valence electrons. The van der Waals surface area contributed by atoms with Crippen LogP contribution in [0.5, 0.6) is 0 Å². The van der Waals surface area contributed by atoms with Crippen LogP contribution in [0.25, 0.3) is 0 Å². The predicted octanol–water partition coefficient (Wildman–Crippen LogP) is 5.97. The second-order valence-corrected chi connectivity index (χ2v) is 9.26. The van der Waals surface area contributed by atoms with Gasteiger partial charge in [-0.15, -0.1) is 0 Å². The van der Waals surface area contributed by atoms with Crippen molar-refractivity contribution in [2.45, 2.75) is 26.4 Å². The van der Waals surface area contributed by atoms with Gasteiger partial charge in [-0.2, -0.15) is 13.2 Å². The van der Waals surface area contributed by atoms with Gasteiger partial charge in [0.05, 0.1) is 15.6 Å². The molecule has 0 aliphatic carbocycles. The highest BCUT2D eigenvalue weighted by Crippen LogP contribution is 2.31. The van der Waals surface area contributed by atoms with Gasteiger partial charge in [0.2, 0.25) is 0 Å². The van der Waals surface area contributed by atoms with Crippen molar-refractivity contribution in [1.29, 1.82) is 0 Å². The number of piperazine rings is 1. The zero-order valence-corrected chi connectivity index (χ0v) is 20.7. The number of carbonyl (C=O) groups is 1. The minimum atomic E-state index is -4.41. The van der Waals surface area contributed by atoms with Crippen LogP contribution in [0, 0.1) is 13.8 Å². The molecular formula is C25H23Cl2F3N4O. The third-order valence-corrected chi connectivity index (χ3v) is 6.71. The first-order valence-corrected chi connectivity index (χ1v) is 11.8. The van der Waals surface area contributed by atoms with Gasteiger partial charge in [0.1, 0.15) is 11.6 Å². The molecule has 1 fully saturated rings. The van der Waals surface area contributed by atoms with Crippen molar-refractivity contribution in [3.63, 3.8) is 0 Å². The van der Waals surface area contributed by atoms with Gasteiger partial charge in [-0.3, -0.25) is 4.79 Å². The number of amides is 1. The first kappa shape index (κ1) is 25.3. The fourth-order valence-corrected chi connectivity index (χ4v) is 4.48. The first-order valence-electron chi connectivity index (χ1n) is 11.0. The number of hydrogen-bond donors (Lipinski definition) is 0. The number of rotatable bonds is 4. The Kier molecular flexibility index (Phi) is 7.24. The van der Waals surface area contributed by atoms with Crippen molar-refractivity contribution in [2.75, 3.05) is 31.1 Å². The lowest BCUT2D eigenvalue weighted by Gasteiger charge is -2.36. The Labute approximate surface area is 211 Å². The van der Waals surface area contributed by atoms with Crippen molar-refractivity contribution in [1.82, 2.24) is 14.9 Å². The zero-order valence-electron chi connectivity index (χ0n) is 19.2. The molecule has 1 aliphatic heterocycles. The van der Waals surface area contributed by atoms with E-state index in [0.29, 0.717) is 59.0 Å². The lowest BCUT2D eigenvalue weighted by atomic mass is 10.0. The number of carbonyl (C=O) groups excluding carboxylic acids is 1. The summed E-state index contributed by atoms with van der Waals surface area (Å²) in [5.74, 6) is 1.14. The zero-order chi connectivity index (χ0) is 25.3. The minimum Gasteiger partial charge on any atom is -0.353 e. The molecule has 0 saturated carbocycles. The van der Waals surface area contributed by atoms with Gasteiger partial charge in [0, 0.05) is 49.4 Å². The maximum atomic E-state index is 13.2. The lowest BCUT2D eigenvalue weighted by molar-refractivity contribution is -0.137. The smallest absolute Gasteiger partial charge is 0.353 e. The molecule has 4 rings (SSSR count). The van der Waals surface area contributed by atoms with Gasteiger partial charge in [-0.05, 0) is 43.7 Å². The quantitative estimate of drug-likeness (QED) is 0.423. The molecule has 2 aromatic carbocycles. The van der Waals surface area contributed by atoms with Crippen LogP contribution in [0.2, 0.25) is 10.0 Å². The van der Waals surface area contributed by atoms with Gasteiger partial charge in [0.25, 0.3) is 5.91 Å². The Morgan fingerprint density at radius 2 is 1.69 bits per heavy atom. The lowest BCUT2D eigenvalue weighted by Crippen LogP contribution is -2.49. The summed E-state index contributed by atoms with van der Waals surface area (Å²) in [6.07, 6.45) is -4.14. The van der Waals surface area contributed by atoms with Crippen LogP contribution in [0.3, 0.4) is 0 Å². The molecule has 10 heteroatoms. The summed E-state index contributed by atoms with van der Waals surface area (Å²) in [5, 5.41) is 0.707. The molecular weight excluding hydrogens is 500 g/mol. The van der Waals surface area contributed by atoms with E-state index in [9.17, 15) is 18.0 Å². The van der Waals surface area contributed by atoms with Crippen LogP contribution in [-0.2, 0) is 12.6 Å². The van der Waals surface area contributed by atoms with E-state index in [-0.39, 0.29) is 12.3 Å².